The Labute approximate surface area is 122 Å². The van der Waals surface area contributed by atoms with Crippen molar-refractivity contribution in [2.24, 2.45) is 0 Å². The van der Waals surface area contributed by atoms with E-state index in [-0.39, 0.29) is 0 Å². The number of ether oxygens (including phenoxy) is 1. The van der Waals surface area contributed by atoms with Gasteiger partial charge in [0.25, 0.3) is 0 Å². The van der Waals surface area contributed by atoms with E-state index in [0.29, 0.717) is 6.04 Å². The molecular weight excluding hydrogens is 250 g/mol. The molecule has 0 radical (unpaired) electrons. The lowest BCUT2D eigenvalue weighted by atomic mass is 10.1. The Kier molecular flexibility index (Phi) is 7.09. The first-order valence-electron chi connectivity index (χ1n) is 8.13. The van der Waals surface area contributed by atoms with E-state index in [1.165, 1.54) is 50.5 Å². The Morgan fingerprint density at radius 2 is 2.05 bits per heavy atom. The maximum atomic E-state index is 5.01. The number of hydrogen-bond acceptors (Lipinski definition) is 3. The van der Waals surface area contributed by atoms with Crippen LogP contribution in [0.2, 0.25) is 0 Å². The molecule has 1 aliphatic carbocycles. The number of nitrogens with zero attached hydrogens (tertiary/aromatic N) is 2. The van der Waals surface area contributed by atoms with Crippen LogP contribution in [0.15, 0.2) is 12.4 Å². The lowest BCUT2D eigenvalue weighted by Gasteiger charge is -2.14. The molecule has 0 atom stereocenters. The molecule has 0 amide bonds. The van der Waals surface area contributed by atoms with Crippen LogP contribution < -0.4 is 5.32 Å². The molecule has 1 N–H and O–H groups in total. The predicted octanol–water partition coefficient (Wildman–Crippen LogP) is 2.95. The maximum absolute atomic E-state index is 5.01. The standard InChI is InChI=1S/C16H29N3O/c1-20-12-11-17-10-6-7-15-13-18-19(14-15)16-8-4-2-3-5-9-16/h13-14,16-17H,2-12H2,1H3. The molecule has 1 aliphatic rings. The van der Waals surface area contributed by atoms with E-state index in [0.717, 1.165) is 26.1 Å². The molecule has 4 nitrogen and oxygen atoms in total. The molecule has 0 aromatic carbocycles. The third-order valence-corrected chi connectivity index (χ3v) is 4.16. The molecule has 0 unspecified atom stereocenters. The Bertz CT molecular complexity index is 356. The Morgan fingerprint density at radius 1 is 1.25 bits per heavy atom. The van der Waals surface area contributed by atoms with Crippen molar-refractivity contribution in [2.45, 2.75) is 57.4 Å². The van der Waals surface area contributed by atoms with Crippen molar-refractivity contribution in [1.82, 2.24) is 15.1 Å². The van der Waals surface area contributed by atoms with Gasteiger partial charge in [-0.3, -0.25) is 4.68 Å². The molecule has 0 saturated heterocycles. The summed E-state index contributed by atoms with van der Waals surface area (Å²) in [6.07, 6.45) is 14.7. The smallest absolute Gasteiger partial charge is 0.0587 e. The molecular formula is C16H29N3O. The Morgan fingerprint density at radius 3 is 2.80 bits per heavy atom. The summed E-state index contributed by atoms with van der Waals surface area (Å²) < 4.78 is 7.23. The van der Waals surface area contributed by atoms with E-state index in [2.05, 4.69) is 27.5 Å². The first-order valence-corrected chi connectivity index (χ1v) is 8.13. The van der Waals surface area contributed by atoms with Crippen molar-refractivity contribution in [3.8, 4) is 0 Å². The predicted molar refractivity (Wildman–Crippen MR) is 82.0 cm³/mol. The summed E-state index contributed by atoms with van der Waals surface area (Å²) in [5.41, 5.74) is 1.38. The summed E-state index contributed by atoms with van der Waals surface area (Å²) >= 11 is 0. The molecule has 0 aliphatic heterocycles. The number of aryl methyl sites for hydroxylation is 1. The van der Waals surface area contributed by atoms with E-state index in [1.54, 1.807) is 7.11 Å². The highest BCUT2D eigenvalue weighted by molar-refractivity contribution is 5.04. The number of methoxy groups -OCH3 is 1. The summed E-state index contributed by atoms with van der Waals surface area (Å²) in [7, 11) is 1.74. The van der Waals surface area contributed by atoms with Gasteiger partial charge in [0.1, 0.15) is 0 Å². The van der Waals surface area contributed by atoms with Crippen LogP contribution in [-0.4, -0.2) is 36.6 Å². The first kappa shape index (κ1) is 15.5. The highest BCUT2D eigenvalue weighted by Gasteiger charge is 2.14. The van der Waals surface area contributed by atoms with Crippen LogP contribution in [0.3, 0.4) is 0 Å². The van der Waals surface area contributed by atoms with Gasteiger partial charge in [-0.2, -0.15) is 5.10 Å². The Hall–Kier alpha value is -0.870. The molecule has 0 spiro atoms. The molecule has 1 heterocycles. The van der Waals surface area contributed by atoms with Gasteiger partial charge in [-0.05, 0) is 37.8 Å². The summed E-state index contributed by atoms with van der Waals surface area (Å²) in [4.78, 5) is 0. The quantitative estimate of drug-likeness (QED) is 0.587. The average Bonchev–Trinajstić information content (AvgIpc) is 2.76. The van der Waals surface area contributed by atoms with Gasteiger partial charge in [-0.25, -0.2) is 0 Å². The van der Waals surface area contributed by atoms with Gasteiger partial charge < -0.3 is 10.1 Å². The number of hydrogen-bond donors (Lipinski definition) is 1. The van der Waals surface area contributed by atoms with Crippen LogP contribution >= 0.6 is 0 Å². The highest BCUT2D eigenvalue weighted by atomic mass is 16.5. The molecule has 1 aromatic rings. The van der Waals surface area contributed by atoms with E-state index < -0.39 is 0 Å². The third-order valence-electron chi connectivity index (χ3n) is 4.16. The van der Waals surface area contributed by atoms with Crippen LogP contribution in [0.5, 0.6) is 0 Å². The molecule has 114 valence electrons. The van der Waals surface area contributed by atoms with E-state index in [1.807, 2.05) is 0 Å². The minimum absolute atomic E-state index is 0.645. The summed E-state index contributed by atoms with van der Waals surface area (Å²) in [6.45, 7) is 2.79. The zero-order valence-corrected chi connectivity index (χ0v) is 12.8. The lowest BCUT2D eigenvalue weighted by Crippen LogP contribution is -2.20. The van der Waals surface area contributed by atoms with Gasteiger partial charge in [0.15, 0.2) is 0 Å². The van der Waals surface area contributed by atoms with Crippen molar-refractivity contribution >= 4 is 0 Å². The third kappa shape index (κ3) is 5.25. The number of aromatic nitrogens is 2. The normalized spacial score (nSPS) is 17.2. The topological polar surface area (TPSA) is 39.1 Å². The second kappa shape index (κ2) is 9.14. The van der Waals surface area contributed by atoms with Crippen molar-refractivity contribution < 1.29 is 4.74 Å². The van der Waals surface area contributed by atoms with Gasteiger partial charge >= 0.3 is 0 Å². The van der Waals surface area contributed by atoms with Gasteiger partial charge in [0, 0.05) is 19.9 Å². The van der Waals surface area contributed by atoms with E-state index >= 15 is 0 Å². The van der Waals surface area contributed by atoms with Crippen LogP contribution in [0.4, 0.5) is 0 Å². The maximum Gasteiger partial charge on any atom is 0.0587 e. The molecule has 1 fully saturated rings. The minimum atomic E-state index is 0.645. The minimum Gasteiger partial charge on any atom is -0.383 e. The molecule has 20 heavy (non-hydrogen) atoms. The van der Waals surface area contributed by atoms with Crippen molar-refractivity contribution in [1.29, 1.82) is 0 Å². The number of rotatable bonds is 8. The zero-order valence-electron chi connectivity index (χ0n) is 12.8. The van der Waals surface area contributed by atoms with Gasteiger partial charge in [-0.1, -0.05) is 25.7 Å². The van der Waals surface area contributed by atoms with Crippen molar-refractivity contribution in [2.75, 3.05) is 26.8 Å². The van der Waals surface area contributed by atoms with Crippen LogP contribution in [0.1, 0.15) is 56.6 Å². The van der Waals surface area contributed by atoms with Gasteiger partial charge in [0.05, 0.1) is 18.8 Å². The second-order valence-corrected chi connectivity index (χ2v) is 5.82. The largest absolute Gasteiger partial charge is 0.383 e. The first-order chi connectivity index (χ1) is 9.90. The lowest BCUT2D eigenvalue weighted by molar-refractivity contribution is 0.199. The summed E-state index contributed by atoms with van der Waals surface area (Å²) in [5, 5.41) is 7.97. The summed E-state index contributed by atoms with van der Waals surface area (Å²) in [6, 6.07) is 0.645. The Balaban J connectivity index is 1.68. The molecule has 1 aromatic heterocycles. The highest BCUT2D eigenvalue weighted by Crippen LogP contribution is 2.26. The van der Waals surface area contributed by atoms with Crippen LogP contribution in [0.25, 0.3) is 0 Å². The van der Waals surface area contributed by atoms with Crippen LogP contribution in [-0.2, 0) is 11.2 Å². The SMILES string of the molecule is COCCNCCCc1cnn(C2CCCCCC2)c1. The molecule has 0 bridgehead atoms. The van der Waals surface area contributed by atoms with Gasteiger partial charge in [0.2, 0.25) is 0 Å². The number of nitrogens with one attached hydrogen (secondary N) is 1. The van der Waals surface area contributed by atoms with E-state index in [4.69, 9.17) is 4.74 Å². The van der Waals surface area contributed by atoms with Gasteiger partial charge in [-0.15, -0.1) is 0 Å². The second-order valence-electron chi connectivity index (χ2n) is 5.82. The fourth-order valence-electron chi connectivity index (χ4n) is 2.95. The van der Waals surface area contributed by atoms with Crippen LogP contribution in [0, 0.1) is 0 Å². The fourth-order valence-corrected chi connectivity index (χ4v) is 2.95. The summed E-state index contributed by atoms with van der Waals surface area (Å²) in [5.74, 6) is 0. The van der Waals surface area contributed by atoms with Crippen molar-refractivity contribution in [3.63, 3.8) is 0 Å². The average molecular weight is 279 g/mol. The van der Waals surface area contributed by atoms with Crippen molar-refractivity contribution in [3.05, 3.63) is 18.0 Å². The monoisotopic (exact) mass is 279 g/mol. The van der Waals surface area contributed by atoms with E-state index in [9.17, 15) is 0 Å². The zero-order chi connectivity index (χ0) is 14.0. The fraction of sp³-hybridized carbons (Fsp3) is 0.812. The molecule has 1 saturated carbocycles. The molecule has 4 heteroatoms. The molecule has 2 rings (SSSR count).